The number of amides is 1. The van der Waals surface area contributed by atoms with Crippen LogP contribution in [0.15, 0.2) is 42.5 Å². The summed E-state index contributed by atoms with van der Waals surface area (Å²) in [5.74, 6) is 0.567. The quantitative estimate of drug-likeness (QED) is 0.897. The monoisotopic (exact) mass is 317 g/mol. The van der Waals surface area contributed by atoms with E-state index in [0.29, 0.717) is 10.8 Å². The summed E-state index contributed by atoms with van der Waals surface area (Å²) in [6.07, 6.45) is 0. The molecule has 0 aliphatic rings. The van der Waals surface area contributed by atoms with Gasteiger partial charge in [0.1, 0.15) is 5.75 Å². The zero-order valence-electron chi connectivity index (χ0n) is 13.0. The van der Waals surface area contributed by atoms with Gasteiger partial charge < -0.3 is 10.1 Å². The highest BCUT2D eigenvalue weighted by molar-refractivity contribution is 6.30. The van der Waals surface area contributed by atoms with Crippen molar-refractivity contribution in [1.29, 1.82) is 0 Å². The van der Waals surface area contributed by atoms with Crippen LogP contribution in [0.1, 0.15) is 29.7 Å². The maximum absolute atomic E-state index is 12.0. The van der Waals surface area contributed by atoms with Crippen LogP contribution in [0.4, 0.5) is 0 Å². The van der Waals surface area contributed by atoms with Crippen LogP contribution in [-0.4, -0.2) is 12.5 Å². The van der Waals surface area contributed by atoms with Gasteiger partial charge in [-0.2, -0.15) is 0 Å². The molecule has 0 fully saturated rings. The van der Waals surface area contributed by atoms with Crippen molar-refractivity contribution in [2.24, 2.45) is 0 Å². The van der Waals surface area contributed by atoms with E-state index < -0.39 is 0 Å². The van der Waals surface area contributed by atoms with Gasteiger partial charge in [0.2, 0.25) is 0 Å². The molecule has 0 saturated heterocycles. The molecule has 0 unspecified atom stereocenters. The molecule has 116 valence electrons. The Morgan fingerprint density at radius 1 is 1.18 bits per heavy atom. The third kappa shape index (κ3) is 4.25. The normalized spacial score (nSPS) is 11.8. The lowest BCUT2D eigenvalue weighted by molar-refractivity contribution is -0.123. The minimum Gasteiger partial charge on any atom is -0.483 e. The third-order valence-electron chi connectivity index (χ3n) is 3.45. The van der Waals surface area contributed by atoms with E-state index >= 15 is 0 Å². The van der Waals surface area contributed by atoms with Crippen molar-refractivity contribution < 1.29 is 9.53 Å². The van der Waals surface area contributed by atoms with Crippen molar-refractivity contribution in [3.8, 4) is 5.75 Å². The lowest BCUT2D eigenvalue weighted by Gasteiger charge is -2.16. The van der Waals surface area contributed by atoms with Crippen molar-refractivity contribution in [1.82, 2.24) is 5.32 Å². The molecule has 0 aromatic heterocycles. The van der Waals surface area contributed by atoms with E-state index in [0.717, 1.165) is 16.7 Å². The molecule has 3 nitrogen and oxygen atoms in total. The predicted molar refractivity (Wildman–Crippen MR) is 89.4 cm³/mol. The minimum atomic E-state index is -0.148. The maximum atomic E-state index is 12.0. The molecule has 22 heavy (non-hydrogen) atoms. The number of hydrogen-bond donors (Lipinski definition) is 1. The summed E-state index contributed by atoms with van der Waals surface area (Å²) in [7, 11) is 0. The Balaban J connectivity index is 1.94. The first-order valence-corrected chi connectivity index (χ1v) is 7.59. The highest BCUT2D eigenvalue weighted by Gasteiger charge is 2.12. The maximum Gasteiger partial charge on any atom is 0.258 e. The Kier molecular flexibility index (Phi) is 5.45. The molecule has 2 aromatic carbocycles. The Morgan fingerprint density at radius 2 is 1.77 bits per heavy atom. The zero-order chi connectivity index (χ0) is 16.1. The average Bonchev–Trinajstić information content (AvgIpc) is 2.47. The van der Waals surface area contributed by atoms with Crippen LogP contribution >= 0.6 is 11.6 Å². The lowest BCUT2D eigenvalue weighted by atomic mass is 10.1. The Hall–Kier alpha value is -2.00. The van der Waals surface area contributed by atoms with Crippen LogP contribution in [0.3, 0.4) is 0 Å². The van der Waals surface area contributed by atoms with Gasteiger partial charge in [-0.1, -0.05) is 41.9 Å². The van der Waals surface area contributed by atoms with Gasteiger partial charge in [-0.25, -0.2) is 0 Å². The molecule has 2 aromatic rings. The zero-order valence-corrected chi connectivity index (χ0v) is 13.8. The average molecular weight is 318 g/mol. The minimum absolute atomic E-state index is 0.0134. The fraction of sp³-hybridized carbons (Fsp3) is 0.278. The summed E-state index contributed by atoms with van der Waals surface area (Å²) in [6.45, 7) is 5.77. The van der Waals surface area contributed by atoms with Crippen LogP contribution < -0.4 is 10.1 Å². The molecule has 0 aliphatic carbocycles. The molecular weight excluding hydrogens is 298 g/mol. The Labute approximate surface area is 136 Å². The number of ether oxygens (including phenoxy) is 1. The van der Waals surface area contributed by atoms with Gasteiger partial charge in [-0.05, 0) is 49.6 Å². The number of benzene rings is 2. The first-order chi connectivity index (χ1) is 10.5. The van der Waals surface area contributed by atoms with Gasteiger partial charge in [-0.3, -0.25) is 4.79 Å². The number of nitrogens with one attached hydrogen (secondary N) is 1. The molecule has 4 heteroatoms. The second-order valence-electron chi connectivity index (χ2n) is 5.36. The standard InChI is InChI=1S/C18H20ClNO2/c1-12-9-16(19)10-13(2)18(12)22-11-17(21)20-14(3)15-7-5-4-6-8-15/h4-10,14H,11H2,1-3H3,(H,20,21)/t14-/m1/s1. The topological polar surface area (TPSA) is 38.3 Å². The molecule has 0 saturated carbocycles. The third-order valence-corrected chi connectivity index (χ3v) is 3.67. The van der Waals surface area contributed by atoms with Crippen molar-refractivity contribution >= 4 is 17.5 Å². The summed E-state index contributed by atoms with van der Waals surface area (Å²) >= 11 is 5.99. The van der Waals surface area contributed by atoms with E-state index in [1.54, 1.807) is 0 Å². The van der Waals surface area contributed by atoms with Crippen LogP contribution in [0.25, 0.3) is 0 Å². The van der Waals surface area contributed by atoms with Crippen molar-refractivity contribution in [2.45, 2.75) is 26.8 Å². The summed E-state index contributed by atoms with van der Waals surface area (Å²) < 4.78 is 5.65. The lowest BCUT2D eigenvalue weighted by Crippen LogP contribution is -2.31. The molecule has 0 spiro atoms. The largest absolute Gasteiger partial charge is 0.483 e. The number of aryl methyl sites for hydroxylation is 2. The molecule has 1 amide bonds. The van der Waals surface area contributed by atoms with Crippen LogP contribution in [0, 0.1) is 13.8 Å². The second kappa shape index (κ2) is 7.32. The Bertz CT molecular complexity index is 632. The fourth-order valence-electron chi connectivity index (χ4n) is 2.37. The number of hydrogen-bond acceptors (Lipinski definition) is 2. The van der Waals surface area contributed by atoms with E-state index in [2.05, 4.69) is 5.32 Å². The summed E-state index contributed by atoms with van der Waals surface area (Å²) in [5, 5.41) is 3.60. The van der Waals surface area contributed by atoms with Crippen molar-refractivity contribution in [2.75, 3.05) is 6.61 Å². The van der Waals surface area contributed by atoms with Crippen LogP contribution in [-0.2, 0) is 4.79 Å². The fourth-order valence-corrected chi connectivity index (χ4v) is 2.70. The van der Waals surface area contributed by atoms with Crippen LogP contribution in [0.2, 0.25) is 5.02 Å². The van der Waals surface area contributed by atoms with Gasteiger partial charge in [0, 0.05) is 5.02 Å². The number of carbonyl (C=O) groups excluding carboxylic acids is 1. The van der Waals surface area contributed by atoms with Crippen molar-refractivity contribution in [3.63, 3.8) is 0 Å². The van der Waals surface area contributed by atoms with E-state index in [1.807, 2.05) is 63.2 Å². The first-order valence-electron chi connectivity index (χ1n) is 7.21. The molecule has 1 atom stereocenters. The van der Waals surface area contributed by atoms with E-state index in [4.69, 9.17) is 16.3 Å². The summed E-state index contributed by atoms with van der Waals surface area (Å²) in [6, 6.07) is 13.4. The molecule has 0 heterocycles. The second-order valence-corrected chi connectivity index (χ2v) is 5.79. The Morgan fingerprint density at radius 3 is 2.36 bits per heavy atom. The van der Waals surface area contributed by atoms with E-state index in [9.17, 15) is 4.79 Å². The van der Waals surface area contributed by atoms with Gasteiger partial charge in [0.25, 0.3) is 5.91 Å². The van der Waals surface area contributed by atoms with Gasteiger partial charge in [0.15, 0.2) is 6.61 Å². The number of halogens is 1. The van der Waals surface area contributed by atoms with Crippen LogP contribution in [0.5, 0.6) is 5.75 Å². The number of rotatable bonds is 5. The van der Waals surface area contributed by atoms with E-state index in [1.165, 1.54) is 0 Å². The van der Waals surface area contributed by atoms with E-state index in [-0.39, 0.29) is 18.6 Å². The molecule has 2 rings (SSSR count). The number of carbonyl (C=O) groups is 1. The van der Waals surface area contributed by atoms with Gasteiger partial charge in [0.05, 0.1) is 6.04 Å². The van der Waals surface area contributed by atoms with Crippen molar-refractivity contribution in [3.05, 3.63) is 64.2 Å². The molecule has 1 N–H and O–H groups in total. The summed E-state index contributed by atoms with van der Waals surface area (Å²) in [5.41, 5.74) is 2.91. The van der Waals surface area contributed by atoms with Gasteiger partial charge >= 0.3 is 0 Å². The highest BCUT2D eigenvalue weighted by atomic mass is 35.5. The highest BCUT2D eigenvalue weighted by Crippen LogP contribution is 2.26. The smallest absolute Gasteiger partial charge is 0.258 e. The molecule has 0 bridgehead atoms. The molecular formula is C18H20ClNO2. The summed E-state index contributed by atoms with van der Waals surface area (Å²) in [4.78, 5) is 12.0. The molecule has 0 radical (unpaired) electrons. The van der Waals surface area contributed by atoms with Gasteiger partial charge in [-0.15, -0.1) is 0 Å². The SMILES string of the molecule is Cc1cc(Cl)cc(C)c1OCC(=O)N[C@H](C)c1ccccc1. The molecule has 0 aliphatic heterocycles. The first kappa shape index (κ1) is 16.4. The predicted octanol–water partition coefficient (Wildman–Crippen LogP) is 4.21.